The summed E-state index contributed by atoms with van der Waals surface area (Å²) in [6.07, 6.45) is 3.14. The maximum absolute atomic E-state index is 6.40. The molecule has 0 saturated carbocycles. The number of aromatic nitrogens is 4. The summed E-state index contributed by atoms with van der Waals surface area (Å²) in [5, 5.41) is 0. The highest BCUT2D eigenvalue weighted by molar-refractivity contribution is 5.83. The quantitative estimate of drug-likeness (QED) is 0.259. The van der Waals surface area contributed by atoms with Crippen LogP contribution in [0.1, 0.15) is 11.1 Å². The Labute approximate surface area is 219 Å². The van der Waals surface area contributed by atoms with Crippen molar-refractivity contribution in [3.8, 4) is 51.3 Å². The Hall–Kier alpha value is -4.84. The molecule has 6 heteroatoms. The summed E-state index contributed by atoms with van der Waals surface area (Å²) in [5.74, 6) is 4.23. The lowest BCUT2D eigenvalue weighted by Crippen LogP contribution is -2.12. The predicted molar refractivity (Wildman–Crippen MR) is 147 cm³/mol. The molecule has 0 unspecified atom stereocenters. The number of nitrogens with zero attached hydrogens (tertiary/aromatic N) is 4. The number of imidazole rings is 2. The molecule has 2 aromatic heterocycles. The minimum Gasteiger partial charge on any atom is -0.472 e. The van der Waals surface area contributed by atoms with E-state index in [9.17, 15) is 0 Å². The molecular weight excluding hydrogens is 472 g/mol. The van der Waals surface area contributed by atoms with E-state index in [4.69, 9.17) is 19.4 Å². The maximum Gasteiger partial charge on any atom is 0.167 e. The number of para-hydroxylation sites is 2. The number of benzene rings is 4. The number of ether oxygens (including phenoxy) is 2. The third-order valence-corrected chi connectivity index (χ3v) is 7.57. The van der Waals surface area contributed by atoms with Crippen molar-refractivity contribution in [2.45, 2.75) is 26.6 Å². The molecule has 0 bridgehead atoms. The van der Waals surface area contributed by atoms with Crippen LogP contribution in [-0.2, 0) is 19.7 Å². The second-order valence-corrected chi connectivity index (χ2v) is 9.91. The molecule has 0 amide bonds. The first-order valence-electron chi connectivity index (χ1n) is 12.9. The number of fused-ring (bicyclic) bond motifs is 8. The SMILES string of the molecule is Cc1ccccc1-c1cn2c(n1)-c1cc(Oc3ccc4c(c3)-c3nc5ccccc5n3CO4)ccc1CC2. The number of hydrogen-bond donors (Lipinski definition) is 0. The van der Waals surface area contributed by atoms with Crippen molar-refractivity contribution >= 4 is 11.0 Å². The zero-order valence-corrected chi connectivity index (χ0v) is 20.9. The molecule has 2 aliphatic heterocycles. The van der Waals surface area contributed by atoms with Crippen LogP contribution >= 0.6 is 0 Å². The topological polar surface area (TPSA) is 54.1 Å². The minimum absolute atomic E-state index is 0.449. The van der Waals surface area contributed by atoms with E-state index in [2.05, 4.69) is 64.7 Å². The Balaban J connectivity index is 1.15. The molecule has 0 fully saturated rings. The fourth-order valence-electron chi connectivity index (χ4n) is 5.63. The van der Waals surface area contributed by atoms with Crippen molar-refractivity contribution in [1.82, 2.24) is 19.1 Å². The Morgan fingerprint density at radius 1 is 0.789 bits per heavy atom. The fourth-order valence-corrected chi connectivity index (χ4v) is 5.63. The van der Waals surface area contributed by atoms with Crippen LogP contribution in [0.25, 0.3) is 45.1 Å². The van der Waals surface area contributed by atoms with E-state index in [0.29, 0.717) is 6.73 Å². The van der Waals surface area contributed by atoms with Gasteiger partial charge in [0.2, 0.25) is 0 Å². The third kappa shape index (κ3) is 3.27. The standard InChI is InChI=1S/C32H24N4O2/c1-20-6-2-3-7-24(20)28-18-35-15-14-21-10-11-22(16-25(21)31(35)34-28)38-23-12-13-30-26(17-23)32-33-27-8-4-5-9-29(27)36(32)19-37-30/h2-13,16-18H,14-15,19H2,1H3. The highest BCUT2D eigenvalue weighted by Gasteiger charge is 2.23. The first kappa shape index (κ1) is 21.3. The number of aryl methyl sites for hydroxylation is 3. The van der Waals surface area contributed by atoms with Crippen molar-refractivity contribution in [2.75, 3.05) is 0 Å². The second-order valence-electron chi connectivity index (χ2n) is 9.91. The Kier molecular flexibility index (Phi) is 4.52. The summed E-state index contributed by atoms with van der Waals surface area (Å²) in [5.41, 5.74) is 8.78. The van der Waals surface area contributed by atoms with Crippen LogP contribution in [0.15, 0.2) is 91.1 Å². The van der Waals surface area contributed by atoms with E-state index >= 15 is 0 Å². The van der Waals surface area contributed by atoms with Crippen molar-refractivity contribution in [1.29, 1.82) is 0 Å². The molecule has 4 aromatic carbocycles. The van der Waals surface area contributed by atoms with Crippen LogP contribution in [0.2, 0.25) is 0 Å². The van der Waals surface area contributed by atoms with E-state index in [1.54, 1.807) is 0 Å². The molecule has 4 heterocycles. The predicted octanol–water partition coefficient (Wildman–Crippen LogP) is 7.24. The van der Waals surface area contributed by atoms with Crippen LogP contribution in [-0.4, -0.2) is 19.1 Å². The van der Waals surface area contributed by atoms with Gasteiger partial charge in [-0.15, -0.1) is 0 Å². The lowest BCUT2D eigenvalue weighted by molar-refractivity contribution is 0.234. The van der Waals surface area contributed by atoms with Crippen molar-refractivity contribution < 1.29 is 9.47 Å². The van der Waals surface area contributed by atoms with Gasteiger partial charge in [-0.2, -0.15) is 0 Å². The minimum atomic E-state index is 0.449. The van der Waals surface area contributed by atoms with Gasteiger partial charge < -0.3 is 14.0 Å². The summed E-state index contributed by atoms with van der Waals surface area (Å²) < 4.78 is 16.8. The first-order chi connectivity index (χ1) is 18.7. The summed E-state index contributed by atoms with van der Waals surface area (Å²) in [6.45, 7) is 3.50. The van der Waals surface area contributed by atoms with Crippen LogP contribution in [0.5, 0.6) is 17.2 Å². The molecule has 38 heavy (non-hydrogen) atoms. The summed E-state index contributed by atoms with van der Waals surface area (Å²) in [7, 11) is 0. The molecule has 0 aliphatic carbocycles. The molecule has 0 saturated heterocycles. The monoisotopic (exact) mass is 496 g/mol. The van der Waals surface area contributed by atoms with Gasteiger partial charge in [-0.25, -0.2) is 9.97 Å². The average molecular weight is 497 g/mol. The van der Waals surface area contributed by atoms with E-state index in [1.165, 1.54) is 16.7 Å². The van der Waals surface area contributed by atoms with Crippen LogP contribution in [0, 0.1) is 6.92 Å². The lowest BCUT2D eigenvalue weighted by Gasteiger charge is -2.21. The molecule has 0 radical (unpaired) electrons. The molecule has 0 atom stereocenters. The van der Waals surface area contributed by atoms with Crippen LogP contribution < -0.4 is 9.47 Å². The van der Waals surface area contributed by atoms with Gasteiger partial charge in [0, 0.05) is 23.9 Å². The molecule has 0 spiro atoms. The van der Waals surface area contributed by atoms with Gasteiger partial charge in [0.25, 0.3) is 0 Å². The first-order valence-corrected chi connectivity index (χ1v) is 12.9. The number of hydrogen-bond acceptors (Lipinski definition) is 4. The van der Waals surface area contributed by atoms with Crippen molar-refractivity contribution in [3.05, 3.63) is 102 Å². The molecule has 2 aliphatic rings. The number of rotatable bonds is 3. The van der Waals surface area contributed by atoms with Gasteiger partial charge in [-0.05, 0) is 66.9 Å². The Morgan fingerprint density at radius 2 is 1.61 bits per heavy atom. The molecule has 6 nitrogen and oxygen atoms in total. The Bertz CT molecular complexity index is 1880. The van der Waals surface area contributed by atoms with E-state index in [-0.39, 0.29) is 0 Å². The van der Waals surface area contributed by atoms with Crippen LogP contribution in [0.4, 0.5) is 0 Å². The summed E-state index contributed by atoms with van der Waals surface area (Å²) in [4.78, 5) is 9.93. The highest BCUT2D eigenvalue weighted by atomic mass is 16.5. The lowest BCUT2D eigenvalue weighted by atomic mass is 10.0. The molecule has 6 aromatic rings. The van der Waals surface area contributed by atoms with Gasteiger partial charge in [0.15, 0.2) is 6.73 Å². The van der Waals surface area contributed by atoms with E-state index in [1.807, 2.05) is 42.5 Å². The van der Waals surface area contributed by atoms with Crippen LogP contribution in [0.3, 0.4) is 0 Å². The molecule has 8 rings (SSSR count). The summed E-state index contributed by atoms with van der Waals surface area (Å²) >= 11 is 0. The fraction of sp³-hybridized carbons (Fsp3) is 0.125. The van der Waals surface area contributed by atoms with Crippen molar-refractivity contribution in [3.63, 3.8) is 0 Å². The molecular formula is C32H24N4O2. The van der Waals surface area contributed by atoms with Gasteiger partial charge in [0.1, 0.15) is 28.9 Å². The van der Waals surface area contributed by atoms with Gasteiger partial charge in [0.05, 0.1) is 22.3 Å². The zero-order valence-electron chi connectivity index (χ0n) is 20.9. The second kappa shape index (κ2) is 8.08. The Morgan fingerprint density at radius 3 is 2.53 bits per heavy atom. The molecule has 0 N–H and O–H groups in total. The maximum atomic E-state index is 6.40. The average Bonchev–Trinajstić information content (AvgIpc) is 3.55. The van der Waals surface area contributed by atoms with Crippen molar-refractivity contribution in [2.24, 2.45) is 0 Å². The highest BCUT2D eigenvalue weighted by Crippen LogP contribution is 2.40. The normalized spacial score (nSPS) is 13.3. The largest absolute Gasteiger partial charge is 0.472 e. The zero-order chi connectivity index (χ0) is 25.2. The van der Waals surface area contributed by atoms with E-state index < -0.39 is 0 Å². The van der Waals surface area contributed by atoms with E-state index in [0.717, 1.165) is 69.7 Å². The molecule has 184 valence electrons. The van der Waals surface area contributed by atoms with Gasteiger partial charge in [-0.1, -0.05) is 42.5 Å². The smallest absolute Gasteiger partial charge is 0.167 e. The summed E-state index contributed by atoms with van der Waals surface area (Å²) in [6, 6.07) is 28.8. The van der Waals surface area contributed by atoms with Gasteiger partial charge in [-0.3, -0.25) is 4.57 Å². The van der Waals surface area contributed by atoms with Gasteiger partial charge >= 0.3 is 0 Å². The third-order valence-electron chi connectivity index (χ3n) is 7.57.